The standard InChI is InChI=1S/C40H31F3N4O8/c1-21-7-9-23(10-8-21)44-46-36(50)31-20-29-27(16-17-28-33(29)37(51)45(35(28)49)24-11-13-25(14-12-24)47(53)54)34(39(31,38(46)52)22-5-3-2-4-6-22)30-19-26(15-18-32(30)48)55-40(41,42)43/h2-16,18-19,28-29,31,33-34,44,48H,17,20H2,1H3. The molecule has 4 amide bonds. The number of benzene rings is 4. The molecule has 2 saturated heterocycles. The zero-order chi connectivity index (χ0) is 39.0. The van der Waals surface area contributed by atoms with Gasteiger partial charge in [-0.05, 0) is 73.7 Å². The van der Waals surface area contributed by atoms with Gasteiger partial charge in [-0.2, -0.15) is 5.01 Å². The van der Waals surface area contributed by atoms with E-state index in [0.29, 0.717) is 16.8 Å². The zero-order valence-electron chi connectivity index (χ0n) is 28.9. The Hall–Kier alpha value is -6.51. The summed E-state index contributed by atoms with van der Waals surface area (Å²) >= 11 is 0. The van der Waals surface area contributed by atoms with Gasteiger partial charge in [0.1, 0.15) is 11.5 Å². The highest BCUT2D eigenvalue weighted by Gasteiger charge is 2.70. The van der Waals surface area contributed by atoms with E-state index in [2.05, 4.69) is 10.2 Å². The lowest BCUT2D eigenvalue weighted by Crippen LogP contribution is -2.53. The Kier molecular flexibility index (Phi) is 8.28. The van der Waals surface area contributed by atoms with Crippen molar-refractivity contribution in [3.63, 3.8) is 0 Å². The lowest BCUT2D eigenvalue weighted by Gasteiger charge is -2.50. The molecule has 4 aromatic carbocycles. The second-order valence-electron chi connectivity index (χ2n) is 14.1. The molecule has 12 nitrogen and oxygen atoms in total. The molecule has 8 rings (SSSR count). The molecule has 2 N–H and O–H groups in total. The molecule has 4 aliphatic rings. The normalized spacial score (nSPS) is 26.0. The fourth-order valence-corrected chi connectivity index (χ4v) is 9.03. The first-order chi connectivity index (χ1) is 26.2. The Morgan fingerprint density at radius 1 is 0.891 bits per heavy atom. The van der Waals surface area contributed by atoms with Gasteiger partial charge >= 0.3 is 6.36 Å². The topological polar surface area (TPSA) is 159 Å². The third-order valence-corrected chi connectivity index (χ3v) is 11.3. The van der Waals surface area contributed by atoms with Gasteiger partial charge in [0.15, 0.2) is 0 Å². The predicted molar refractivity (Wildman–Crippen MR) is 189 cm³/mol. The van der Waals surface area contributed by atoms with Gasteiger partial charge in [-0.3, -0.25) is 39.6 Å². The summed E-state index contributed by atoms with van der Waals surface area (Å²) in [4.78, 5) is 70.1. The Balaban J connectivity index is 1.32. The third kappa shape index (κ3) is 5.60. The quantitative estimate of drug-likeness (QED) is 0.0907. The smallest absolute Gasteiger partial charge is 0.508 e. The molecular weight excluding hydrogens is 721 g/mol. The van der Waals surface area contributed by atoms with Crippen LogP contribution in [0.4, 0.5) is 30.2 Å². The molecule has 2 heterocycles. The highest BCUT2D eigenvalue weighted by molar-refractivity contribution is 6.22. The van der Waals surface area contributed by atoms with Gasteiger partial charge in [-0.25, -0.2) is 0 Å². The number of allylic oxidation sites excluding steroid dienone is 2. The van der Waals surface area contributed by atoms with Gasteiger partial charge in [0.2, 0.25) is 11.8 Å². The average Bonchev–Trinajstić information content (AvgIpc) is 3.54. The van der Waals surface area contributed by atoms with Crippen LogP contribution in [0.5, 0.6) is 11.5 Å². The first kappa shape index (κ1) is 35.5. The second-order valence-corrected chi connectivity index (χ2v) is 14.1. The summed E-state index contributed by atoms with van der Waals surface area (Å²) < 4.78 is 45.0. The number of imide groups is 2. The number of non-ortho nitro benzene ring substituents is 1. The molecule has 2 aliphatic heterocycles. The molecule has 3 fully saturated rings. The molecule has 4 aromatic rings. The van der Waals surface area contributed by atoms with Crippen molar-refractivity contribution in [2.75, 3.05) is 10.3 Å². The number of anilines is 2. The maximum absolute atomic E-state index is 15.2. The van der Waals surface area contributed by atoms with Crippen molar-refractivity contribution in [1.29, 1.82) is 0 Å². The maximum Gasteiger partial charge on any atom is 0.573 e. The minimum atomic E-state index is -5.10. The number of ether oxygens (including phenoxy) is 1. The molecule has 6 atom stereocenters. The minimum Gasteiger partial charge on any atom is -0.508 e. The fraction of sp³-hybridized carbons (Fsp3) is 0.250. The van der Waals surface area contributed by atoms with E-state index in [1.54, 1.807) is 60.7 Å². The van der Waals surface area contributed by atoms with Crippen molar-refractivity contribution in [3.05, 3.63) is 136 Å². The van der Waals surface area contributed by atoms with E-state index in [1.807, 2.05) is 6.92 Å². The molecule has 0 bridgehead atoms. The average molecular weight is 753 g/mol. The molecule has 0 aromatic heterocycles. The van der Waals surface area contributed by atoms with Crippen molar-refractivity contribution in [3.8, 4) is 11.5 Å². The number of halogens is 3. The summed E-state index contributed by atoms with van der Waals surface area (Å²) in [5.74, 6) is -9.21. The number of hydrazine groups is 1. The Labute approximate surface area is 310 Å². The van der Waals surface area contributed by atoms with Gasteiger partial charge in [0.25, 0.3) is 17.5 Å². The van der Waals surface area contributed by atoms with Crippen LogP contribution in [-0.2, 0) is 24.6 Å². The van der Waals surface area contributed by atoms with Crippen LogP contribution < -0.4 is 15.1 Å². The second kappa shape index (κ2) is 12.8. The van der Waals surface area contributed by atoms with Crippen LogP contribution in [0.3, 0.4) is 0 Å². The van der Waals surface area contributed by atoms with Crippen molar-refractivity contribution in [2.45, 2.75) is 37.5 Å². The first-order valence-corrected chi connectivity index (χ1v) is 17.4. The number of alkyl halides is 3. The number of nitrogens with zero attached hydrogens (tertiary/aromatic N) is 3. The number of fused-ring (bicyclic) bond motifs is 4. The van der Waals surface area contributed by atoms with Crippen LogP contribution >= 0.6 is 0 Å². The van der Waals surface area contributed by atoms with Crippen LogP contribution in [0.25, 0.3) is 0 Å². The monoisotopic (exact) mass is 752 g/mol. The number of nitrogens with one attached hydrogen (secondary N) is 1. The van der Waals surface area contributed by atoms with Crippen molar-refractivity contribution >= 4 is 40.7 Å². The number of hydrogen-bond acceptors (Lipinski definition) is 9. The highest BCUT2D eigenvalue weighted by atomic mass is 19.4. The van der Waals surface area contributed by atoms with E-state index in [9.17, 15) is 42.8 Å². The van der Waals surface area contributed by atoms with Crippen LogP contribution in [0.15, 0.2) is 109 Å². The molecule has 1 saturated carbocycles. The van der Waals surface area contributed by atoms with Gasteiger partial charge in [0, 0.05) is 23.6 Å². The number of amides is 4. The van der Waals surface area contributed by atoms with Gasteiger partial charge in [-0.1, -0.05) is 59.7 Å². The van der Waals surface area contributed by atoms with Crippen LogP contribution in [-0.4, -0.2) is 45.0 Å². The highest BCUT2D eigenvalue weighted by Crippen LogP contribution is 2.65. The molecular formula is C40H31F3N4O8. The van der Waals surface area contributed by atoms with E-state index >= 15 is 4.79 Å². The molecule has 2 aliphatic carbocycles. The van der Waals surface area contributed by atoms with Gasteiger partial charge < -0.3 is 9.84 Å². The molecule has 15 heteroatoms. The number of rotatable bonds is 7. The summed E-state index contributed by atoms with van der Waals surface area (Å²) in [6.45, 7) is 1.86. The number of aryl methyl sites for hydroxylation is 1. The maximum atomic E-state index is 15.2. The van der Waals surface area contributed by atoms with E-state index in [0.717, 1.165) is 33.7 Å². The summed E-state index contributed by atoms with van der Waals surface area (Å²) in [5, 5.41) is 23.7. The Bertz CT molecular complexity index is 2300. The molecule has 6 unspecified atom stereocenters. The number of aromatic hydroxyl groups is 1. The van der Waals surface area contributed by atoms with Crippen molar-refractivity contribution in [2.24, 2.45) is 23.7 Å². The number of nitro benzene ring substituents is 1. The lowest BCUT2D eigenvalue weighted by molar-refractivity contribution is -0.384. The fourth-order valence-electron chi connectivity index (χ4n) is 9.03. The molecule has 0 radical (unpaired) electrons. The SMILES string of the molecule is Cc1ccc(NN2C(=O)C3CC4C(=CCC5C(=O)N(c6ccc([N+](=O)[O-])cc6)C(=O)C54)C(c4cc(OC(F)(F)F)ccc4O)C3(c3ccccc3)C2=O)cc1. The van der Waals surface area contributed by atoms with E-state index in [-0.39, 0.29) is 29.8 Å². The first-order valence-electron chi connectivity index (χ1n) is 17.4. The van der Waals surface area contributed by atoms with Crippen LogP contribution in [0.2, 0.25) is 0 Å². The van der Waals surface area contributed by atoms with Crippen molar-refractivity contribution < 1.29 is 47.1 Å². The zero-order valence-corrected chi connectivity index (χ0v) is 28.9. The van der Waals surface area contributed by atoms with E-state index < -0.39 is 81.4 Å². The summed E-state index contributed by atoms with van der Waals surface area (Å²) in [7, 11) is 0. The summed E-state index contributed by atoms with van der Waals surface area (Å²) in [5.41, 5.74) is 2.85. The van der Waals surface area contributed by atoms with E-state index in [1.165, 1.54) is 24.3 Å². The van der Waals surface area contributed by atoms with Crippen LogP contribution in [0, 0.1) is 40.7 Å². The molecule has 280 valence electrons. The number of carbonyl (C=O) groups is 4. The van der Waals surface area contributed by atoms with E-state index in [4.69, 9.17) is 0 Å². The summed E-state index contributed by atoms with van der Waals surface area (Å²) in [6.07, 6.45) is -3.54. The largest absolute Gasteiger partial charge is 0.573 e. The minimum absolute atomic E-state index is 0.0104. The van der Waals surface area contributed by atoms with Crippen LogP contribution in [0.1, 0.15) is 35.4 Å². The third-order valence-electron chi connectivity index (χ3n) is 11.3. The lowest BCUT2D eigenvalue weighted by atomic mass is 9.49. The van der Waals surface area contributed by atoms with Gasteiger partial charge in [0.05, 0.1) is 39.5 Å². The summed E-state index contributed by atoms with van der Waals surface area (Å²) in [6, 6.07) is 23.1. The number of nitro groups is 1. The number of carbonyl (C=O) groups excluding carboxylic acids is 4. The number of phenolic OH excluding ortho intramolecular Hbond substituents is 1. The molecule has 0 spiro atoms. The number of hydrogen-bond donors (Lipinski definition) is 2. The Morgan fingerprint density at radius 3 is 2.24 bits per heavy atom. The molecule has 55 heavy (non-hydrogen) atoms. The van der Waals surface area contributed by atoms with Crippen molar-refractivity contribution in [1.82, 2.24) is 5.01 Å². The predicted octanol–water partition coefficient (Wildman–Crippen LogP) is 6.70. The number of phenols is 1. The Morgan fingerprint density at radius 2 is 1.58 bits per heavy atom. The van der Waals surface area contributed by atoms with Gasteiger partial charge in [-0.15, -0.1) is 13.2 Å².